The maximum atomic E-state index is 12.5. The second kappa shape index (κ2) is 11.2. The number of unbranched alkanes of at least 4 members (excludes halogenated alkanes) is 1. The molecular formula is C20H37N3O3. The van der Waals surface area contributed by atoms with E-state index in [1.807, 2.05) is 20.9 Å². The van der Waals surface area contributed by atoms with E-state index in [2.05, 4.69) is 29.0 Å². The van der Waals surface area contributed by atoms with Gasteiger partial charge in [0, 0.05) is 32.9 Å². The van der Waals surface area contributed by atoms with Gasteiger partial charge in [-0.3, -0.25) is 14.5 Å². The van der Waals surface area contributed by atoms with Crippen LogP contribution >= 0.6 is 0 Å². The second-order valence-corrected chi connectivity index (χ2v) is 7.50. The Labute approximate surface area is 158 Å². The van der Waals surface area contributed by atoms with E-state index in [9.17, 15) is 9.59 Å². The van der Waals surface area contributed by atoms with Crippen LogP contribution in [0.15, 0.2) is 11.3 Å². The average molecular weight is 368 g/mol. The Hall–Kier alpha value is -1.56. The van der Waals surface area contributed by atoms with Crippen LogP contribution in [-0.2, 0) is 14.3 Å². The molecule has 1 amide bonds. The number of esters is 1. The van der Waals surface area contributed by atoms with E-state index < -0.39 is 0 Å². The first-order valence-corrected chi connectivity index (χ1v) is 9.91. The summed E-state index contributed by atoms with van der Waals surface area (Å²) >= 11 is 0. The number of nitrogens with zero attached hydrogens (tertiary/aromatic N) is 2. The Kier molecular flexibility index (Phi) is 9.70. The number of carbonyl (C=O) groups excluding carboxylic acids is 2. The summed E-state index contributed by atoms with van der Waals surface area (Å²) < 4.78 is 5.37. The van der Waals surface area contributed by atoms with Crippen molar-refractivity contribution in [3.8, 4) is 0 Å². The zero-order chi connectivity index (χ0) is 19.7. The zero-order valence-corrected chi connectivity index (χ0v) is 17.4. The molecule has 0 fully saturated rings. The lowest BCUT2D eigenvalue weighted by atomic mass is 10.0. The Bertz CT molecular complexity index is 503. The van der Waals surface area contributed by atoms with Gasteiger partial charge in [0.1, 0.15) is 0 Å². The number of carbonyl (C=O) groups is 2. The number of hydrogen-bond donors (Lipinski definition) is 1. The van der Waals surface area contributed by atoms with Crippen LogP contribution in [0.1, 0.15) is 53.4 Å². The molecule has 1 heterocycles. The van der Waals surface area contributed by atoms with Crippen molar-refractivity contribution in [1.29, 1.82) is 0 Å². The lowest BCUT2D eigenvalue weighted by Gasteiger charge is -2.31. The molecular weight excluding hydrogens is 330 g/mol. The van der Waals surface area contributed by atoms with Crippen LogP contribution in [0.5, 0.6) is 0 Å². The van der Waals surface area contributed by atoms with Gasteiger partial charge >= 0.3 is 5.97 Å². The fourth-order valence-corrected chi connectivity index (χ4v) is 3.40. The average Bonchev–Trinajstić information content (AvgIpc) is 2.95. The lowest BCUT2D eigenvalue weighted by Crippen LogP contribution is -2.40. The molecule has 0 aromatic rings. The van der Waals surface area contributed by atoms with Crippen molar-refractivity contribution in [3.63, 3.8) is 0 Å². The second-order valence-electron chi connectivity index (χ2n) is 7.50. The minimum absolute atomic E-state index is 0.0532. The fraction of sp³-hybridized carbons (Fsp3) is 0.800. The summed E-state index contributed by atoms with van der Waals surface area (Å²) in [5.74, 6) is 0.0533. The van der Waals surface area contributed by atoms with E-state index in [-0.39, 0.29) is 24.5 Å². The van der Waals surface area contributed by atoms with Gasteiger partial charge in [0.2, 0.25) is 5.91 Å². The summed E-state index contributed by atoms with van der Waals surface area (Å²) in [5.41, 5.74) is 1.84. The summed E-state index contributed by atoms with van der Waals surface area (Å²) in [7, 11) is 3.70. The first-order chi connectivity index (χ1) is 12.3. The summed E-state index contributed by atoms with van der Waals surface area (Å²) in [6.45, 7) is 10.4. The van der Waals surface area contributed by atoms with Crippen molar-refractivity contribution >= 4 is 11.9 Å². The molecule has 6 heteroatoms. The lowest BCUT2D eigenvalue weighted by molar-refractivity contribution is -0.146. The molecule has 1 N–H and O–H groups in total. The molecule has 1 atom stereocenters. The van der Waals surface area contributed by atoms with Gasteiger partial charge in [-0.1, -0.05) is 40.5 Å². The van der Waals surface area contributed by atoms with Gasteiger partial charge in [0.15, 0.2) is 0 Å². The number of ether oxygens (including phenoxy) is 1. The van der Waals surface area contributed by atoms with E-state index >= 15 is 0 Å². The van der Waals surface area contributed by atoms with E-state index in [0.29, 0.717) is 19.1 Å². The number of hydrogen-bond acceptors (Lipinski definition) is 5. The predicted molar refractivity (Wildman–Crippen MR) is 105 cm³/mol. The summed E-state index contributed by atoms with van der Waals surface area (Å²) in [4.78, 5) is 29.0. The maximum absolute atomic E-state index is 12.5. The fourth-order valence-electron chi connectivity index (χ4n) is 3.40. The molecule has 0 radical (unpaired) electrons. The van der Waals surface area contributed by atoms with Crippen LogP contribution < -0.4 is 5.32 Å². The topological polar surface area (TPSA) is 61.9 Å². The van der Waals surface area contributed by atoms with E-state index in [0.717, 1.165) is 43.5 Å². The largest absolute Gasteiger partial charge is 0.464 e. The van der Waals surface area contributed by atoms with Gasteiger partial charge in [-0.05, 0) is 18.8 Å². The third-order valence-electron chi connectivity index (χ3n) is 4.64. The van der Waals surface area contributed by atoms with Gasteiger partial charge in [-0.25, -0.2) is 0 Å². The molecule has 0 aliphatic carbocycles. The van der Waals surface area contributed by atoms with Gasteiger partial charge in [0.25, 0.3) is 0 Å². The molecule has 6 nitrogen and oxygen atoms in total. The maximum Gasteiger partial charge on any atom is 0.320 e. The highest BCUT2D eigenvalue weighted by Gasteiger charge is 2.37. The Morgan fingerprint density at radius 3 is 2.54 bits per heavy atom. The highest BCUT2D eigenvalue weighted by Crippen LogP contribution is 2.30. The van der Waals surface area contributed by atoms with Crippen molar-refractivity contribution in [2.45, 2.75) is 59.4 Å². The van der Waals surface area contributed by atoms with Gasteiger partial charge in [-0.2, -0.15) is 0 Å². The highest BCUT2D eigenvalue weighted by molar-refractivity contribution is 5.95. The van der Waals surface area contributed by atoms with Crippen LogP contribution in [0, 0.1) is 5.92 Å². The minimum Gasteiger partial charge on any atom is -0.464 e. The molecule has 0 aromatic carbocycles. The smallest absolute Gasteiger partial charge is 0.320 e. The standard InChI is InChI=1S/C20H37N3O3/c1-7-9-10-17-19(22(6)11-8-2)16(20(25)21-5)12-23(17)13-18(24)26-14-15(3)4/h15,17H,7-14H2,1-6H3,(H,21,25). The molecule has 0 spiro atoms. The van der Waals surface area contributed by atoms with Crippen molar-refractivity contribution in [1.82, 2.24) is 15.1 Å². The van der Waals surface area contributed by atoms with Crippen LogP contribution in [0.2, 0.25) is 0 Å². The Morgan fingerprint density at radius 1 is 1.31 bits per heavy atom. The van der Waals surface area contributed by atoms with Gasteiger partial charge in [0.05, 0.1) is 24.8 Å². The highest BCUT2D eigenvalue weighted by atomic mass is 16.5. The van der Waals surface area contributed by atoms with Crippen LogP contribution in [-0.4, -0.2) is 68.1 Å². The third kappa shape index (κ3) is 6.31. The first-order valence-electron chi connectivity index (χ1n) is 9.91. The zero-order valence-electron chi connectivity index (χ0n) is 17.4. The van der Waals surface area contributed by atoms with Crippen molar-refractivity contribution < 1.29 is 14.3 Å². The third-order valence-corrected chi connectivity index (χ3v) is 4.64. The molecule has 0 saturated carbocycles. The molecule has 26 heavy (non-hydrogen) atoms. The molecule has 1 aliphatic heterocycles. The number of rotatable bonds is 11. The first kappa shape index (κ1) is 22.5. The monoisotopic (exact) mass is 367 g/mol. The molecule has 0 saturated heterocycles. The van der Waals surface area contributed by atoms with Crippen LogP contribution in [0.4, 0.5) is 0 Å². The van der Waals surface area contributed by atoms with E-state index in [1.165, 1.54) is 0 Å². The van der Waals surface area contributed by atoms with Crippen LogP contribution in [0.3, 0.4) is 0 Å². The SMILES string of the molecule is CCCCC1C(N(C)CCC)=C(C(=O)NC)CN1CC(=O)OCC(C)C. The summed E-state index contributed by atoms with van der Waals surface area (Å²) in [6, 6.07) is 0.0883. The van der Waals surface area contributed by atoms with Crippen molar-refractivity contribution in [3.05, 3.63) is 11.3 Å². The van der Waals surface area contributed by atoms with Gasteiger partial charge < -0.3 is 15.0 Å². The Morgan fingerprint density at radius 2 is 2.00 bits per heavy atom. The number of nitrogens with one attached hydrogen (secondary N) is 1. The Balaban J connectivity index is 3.01. The molecule has 150 valence electrons. The number of likely N-dealkylation sites (N-methyl/N-ethyl adjacent to an activating group) is 2. The molecule has 0 bridgehead atoms. The predicted octanol–water partition coefficient (Wildman–Crippen LogP) is 2.40. The number of amides is 1. The van der Waals surface area contributed by atoms with E-state index in [1.54, 1.807) is 7.05 Å². The summed E-state index contributed by atoms with van der Waals surface area (Å²) in [6.07, 6.45) is 4.10. The van der Waals surface area contributed by atoms with Crippen molar-refractivity contribution in [2.75, 3.05) is 40.3 Å². The summed E-state index contributed by atoms with van der Waals surface area (Å²) in [5, 5.41) is 2.76. The molecule has 0 aromatic heterocycles. The normalized spacial score (nSPS) is 17.7. The van der Waals surface area contributed by atoms with Crippen molar-refractivity contribution in [2.24, 2.45) is 5.92 Å². The molecule has 1 rings (SSSR count). The molecule has 1 unspecified atom stereocenters. The quantitative estimate of drug-likeness (QED) is 0.568. The van der Waals surface area contributed by atoms with E-state index in [4.69, 9.17) is 4.74 Å². The van der Waals surface area contributed by atoms with Gasteiger partial charge in [-0.15, -0.1) is 0 Å². The minimum atomic E-state index is -0.212. The van der Waals surface area contributed by atoms with Crippen LogP contribution in [0.25, 0.3) is 0 Å². The molecule has 1 aliphatic rings.